The molecule has 3 rings (SSSR count). The van der Waals surface area contributed by atoms with Crippen LogP contribution < -0.4 is 20.5 Å². The standard InChI is InChI=1S/C20H20ClF3N4O4/c1-31-16-8-12(4-5-13(16)18(29)30)28-19(32-2)26-17(27-28)14-7-11(3-6-15(14)21)9-25-10-20(22,23)24/h3-8,19,25H,9-10H2,1-2H3,(H,26,27)(H,29,30). The number of ether oxygens (including phenoxy) is 2. The monoisotopic (exact) mass is 472 g/mol. The second-order valence-corrected chi connectivity index (χ2v) is 7.15. The molecule has 12 heteroatoms. The first-order valence-corrected chi connectivity index (χ1v) is 9.65. The summed E-state index contributed by atoms with van der Waals surface area (Å²) < 4.78 is 47.7. The lowest BCUT2D eigenvalue weighted by molar-refractivity contribution is -0.125. The van der Waals surface area contributed by atoms with E-state index in [0.29, 0.717) is 27.7 Å². The summed E-state index contributed by atoms with van der Waals surface area (Å²) >= 11 is 6.30. The van der Waals surface area contributed by atoms with Gasteiger partial charge in [0.15, 0.2) is 5.84 Å². The minimum Gasteiger partial charge on any atom is -0.496 e. The predicted octanol–water partition coefficient (Wildman–Crippen LogP) is 3.40. The molecule has 8 nitrogen and oxygen atoms in total. The van der Waals surface area contributed by atoms with E-state index < -0.39 is 25.0 Å². The smallest absolute Gasteiger partial charge is 0.401 e. The number of anilines is 1. The average Bonchev–Trinajstić information content (AvgIpc) is 3.17. The van der Waals surface area contributed by atoms with Crippen LogP contribution in [-0.2, 0) is 11.3 Å². The Hall–Kier alpha value is -3.02. The first kappa shape index (κ1) is 23.6. The Bertz CT molecular complexity index is 1030. The van der Waals surface area contributed by atoms with Crippen LogP contribution in [0.1, 0.15) is 21.5 Å². The number of nitrogens with one attached hydrogen (secondary N) is 2. The molecule has 0 saturated carbocycles. The fourth-order valence-corrected chi connectivity index (χ4v) is 3.27. The van der Waals surface area contributed by atoms with Gasteiger partial charge >= 0.3 is 12.1 Å². The number of aromatic carboxylic acids is 1. The molecule has 2 aromatic rings. The van der Waals surface area contributed by atoms with E-state index in [1.54, 1.807) is 24.3 Å². The lowest BCUT2D eigenvalue weighted by Gasteiger charge is -2.24. The maximum absolute atomic E-state index is 12.4. The molecular weight excluding hydrogens is 453 g/mol. The van der Waals surface area contributed by atoms with Crippen molar-refractivity contribution in [3.05, 3.63) is 58.1 Å². The molecule has 1 aliphatic heterocycles. The number of amidine groups is 1. The third-order valence-corrected chi connectivity index (χ3v) is 4.86. The van der Waals surface area contributed by atoms with Gasteiger partial charge in [0.05, 0.1) is 24.4 Å². The van der Waals surface area contributed by atoms with Crippen LogP contribution in [0.5, 0.6) is 5.75 Å². The molecule has 1 atom stereocenters. The Morgan fingerprint density at radius 3 is 2.66 bits per heavy atom. The predicted molar refractivity (Wildman–Crippen MR) is 112 cm³/mol. The van der Waals surface area contributed by atoms with Gasteiger partial charge in [0, 0.05) is 25.3 Å². The molecule has 0 aromatic heterocycles. The van der Waals surface area contributed by atoms with E-state index in [1.807, 2.05) is 0 Å². The van der Waals surface area contributed by atoms with Crippen molar-refractivity contribution in [3.8, 4) is 5.75 Å². The molecule has 0 fully saturated rings. The number of methoxy groups -OCH3 is 2. The maximum Gasteiger partial charge on any atom is 0.401 e. The summed E-state index contributed by atoms with van der Waals surface area (Å²) in [6.07, 6.45) is -5.12. The first-order valence-electron chi connectivity index (χ1n) is 9.27. The highest BCUT2D eigenvalue weighted by Crippen LogP contribution is 2.29. The number of nitrogens with zero attached hydrogens (tertiary/aromatic N) is 2. The molecule has 32 heavy (non-hydrogen) atoms. The number of aliphatic imine (C=N–C) groups is 1. The molecule has 1 heterocycles. The molecule has 2 aromatic carbocycles. The second kappa shape index (κ2) is 9.63. The Kier molecular flexibility index (Phi) is 7.12. The largest absolute Gasteiger partial charge is 0.496 e. The van der Waals surface area contributed by atoms with Gasteiger partial charge in [-0.15, -0.1) is 0 Å². The van der Waals surface area contributed by atoms with E-state index in [1.165, 1.54) is 31.4 Å². The highest BCUT2D eigenvalue weighted by atomic mass is 35.5. The third kappa shape index (κ3) is 5.42. The molecule has 0 saturated heterocycles. The maximum atomic E-state index is 12.4. The number of hydrogen-bond donors (Lipinski definition) is 3. The number of alkyl halides is 3. The summed E-state index contributed by atoms with van der Waals surface area (Å²) in [4.78, 5) is 15.8. The number of halogens is 4. The van der Waals surface area contributed by atoms with Gasteiger partial charge < -0.3 is 19.9 Å². The molecule has 172 valence electrons. The Labute approximate surface area is 186 Å². The van der Waals surface area contributed by atoms with Crippen LogP contribution in [0.15, 0.2) is 41.4 Å². The molecule has 0 amide bonds. The Balaban J connectivity index is 1.83. The molecule has 0 spiro atoms. The van der Waals surface area contributed by atoms with Crippen molar-refractivity contribution < 1.29 is 32.5 Å². The SMILES string of the molecule is COc1cc(N2NC(c3cc(CNCC(F)(F)F)ccc3Cl)=NC2OC)ccc1C(=O)O. The molecular formula is C20H20ClF3N4O4. The van der Waals surface area contributed by atoms with Crippen molar-refractivity contribution in [2.24, 2.45) is 4.99 Å². The summed E-state index contributed by atoms with van der Waals surface area (Å²) in [6.45, 7) is -1.12. The summed E-state index contributed by atoms with van der Waals surface area (Å²) in [5.41, 5.74) is 4.60. The van der Waals surface area contributed by atoms with Crippen LogP contribution in [0.4, 0.5) is 18.9 Å². The summed E-state index contributed by atoms with van der Waals surface area (Å²) in [7, 11) is 2.80. The molecule has 0 aliphatic carbocycles. The van der Waals surface area contributed by atoms with Gasteiger partial charge in [-0.1, -0.05) is 17.7 Å². The van der Waals surface area contributed by atoms with Crippen LogP contribution in [-0.4, -0.2) is 50.2 Å². The van der Waals surface area contributed by atoms with E-state index in [2.05, 4.69) is 15.7 Å². The quantitative estimate of drug-likeness (QED) is 0.542. The second-order valence-electron chi connectivity index (χ2n) is 6.74. The van der Waals surface area contributed by atoms with Crippen LogP contribution in [0, 0.1) is 0 Å². The zero-order valence-electron chi connectivity index (χ0n) is 17.0. The van der Waals surface area contributed by atoms with Crippen molar-refractivity contribution >= 4 is 29.1 Å². The summed E-state index contributed by atoms with van der Waals surface area (Å²) in [6, 6.07) is 9.28. The normalized spacial score (nSPS) is 16.0. The lowest BCUT2D eigenvalue weighted by atomic mass is 10.1. The molecule has 0 bridgehead atoms. The van der Waals surface area contributed by atoms with Gasteiger partial charge in [-0.25, -0.2) is 14.8 Å². The number of carbonyl (C=O) groups is 1. The highest BCUT2D eigenvalue weighted by Gasteiger charge is 2.30. The van der Waals surface area contributed by atoms with E-state index in [0.717, 1.165) is 0 Å². The minimum absolute atomic E-state index is 0.00680. The van der Waals surface area contributed by atoms with Gasteiger partial charge in [-0.3, -0.25) is 5.43 Å². The zero-order valence-corrected chi connectivity index (χ0v) is 17.8. The number of carboxylic acids is 1. The molecule has 0 radical (unpaired) electrons. The highest BCUT2D eigenvalue weighted by molar-refractivity contribution is 6.34. The van der Waals surface area contributed by atoms with Crippen molar-refractivity contribution in [1.82, 2.24) is 10.7 Å². The van der Waals surface area contributed by atoms with Gasteiger partial charge in [0.2, 0.25) is 6.35 Å². The average molecular weight is 473 g/mol. The summed E-state index contributed by atoms with van der Waals surface area (Å²) in [5.74, 6) is -0.651. The molecule has 3 N–H and O–H groups in total. The topological polar surface area (TPSA) is 95.4 Å². The zero-order chi connectivity index (χ0) is 23.5. The number of rotatable bonds is 8. The van der Waals surface area contributed by atoms with Gasteiger partial charge in [-0.2, -0.15) is 13.2 Å². The van der Waals surface area contributed by atoms with Crippen molar-refractivity contribution in [1.29, 1.82) is 0 Å². The van der Waals surface area contributed by atoms with E-state index in [4.69, 9.17) is 21.1 Å². The third-order valence-electron chi connectivity index (χ3n) is 4.53. The van der Waals surface area contributed by atoms with Gasteiger partial charge in [0.25, 0.3) is 0 Å². The van der Waals surface area contributed by atoms with Crippen molar-refractivity contribution in [2.75, 3.05) is 25.8 Å². The van der Waals surface area contributed by atoms with Gasteiger partial charge in [0.1, 0.15) is 11.3 Å². The van der Waals surface area contributed by atoms with Crippen LogP contribution in [0.2, 0.25) is 5.02 Å². The fraction of sp³-hybridized carbons (Fsp3) is 0.300. The van der Waals surface area contributed by atoms with Gasteiger partial charge in [-0.05, 0) is 29.8 Å². The first-order chi connectivity index (χ1) is 15.1. The number of hydrogen-bond acceptors (Lipinski definition) is 7. The van der Waals surface area contributed by atoms with E-state index in [9.17, 15) is 23.1 Å². The minimum atomic E-state index is -4.31. The molecule has 1 aliphatic rings. The molecule has 1 unspecified atom stereocenters. The fourth-order valence-electron chi connectivity index (χ4n) is 3.07. The van der Waals surface area contributed by atoms with E-state index in [-0.39, 0.29) is 17.9 Å². The van der Waals surface area contributed by atoms with Crippen LogP contribution in [0.3, 0.4) is 0 Å². The van der Waals surface area contributed by atoms with Crippen LogP contribution in [0.25, 0.3) is 0 Å². The summed E-state index contributed by atoms with van der Waals surface area (Å²) in [5, 5.41) is 13.5. The number of hydrazine groups is 1. The lowest BCUT2D eigenvalue weighted by Crippen LogP contribution is -2.42. The number of benzene rings is 2. The van der Waals surface area contributed by atoms with Crippen molar-refractivity contribution in [3.63, 3.8) is 0 Å². The van der Waals surface area contributed by atoms with Crippen molar-refractivity contribution in [2.45, 2.75) is 19.1 Å². The Morgan fingerprint density at radius 1 is 1.28 bits per heavy atom. The number of carboxylic acid groups (broad SMARTS) is 1. The Morgan fingerprint density at radius 2 is 2.03 bits per heavy atom. The van der Waals surface area contributed by atoms with E-state index >= 15 is 0 Å². The van der Waals surface area contributed by atoms with Crippen LogP contribution >= 0.6 is 11.6 Å².